The van der Waals surface area contributed by atoms with Crippen LogP contribution in [0.2, 0.25) is 0 Å². The standard InChI is InChI=1S/C25H32N8/c1-18-15-19(2)29-25(28-18)33-10-4-5-21(17-33)23-22(20-6-8-26-9-7-20)16-27-24(30-23)32-13-11-31(3)12-14-32/h6-9,15-16,21H,4-5,10-14,17H2,1-3H3/t21-/m0/s1. The Hall–Kier alpha value is -3.13. The second kappa shape index (κ2) is 9.39. The molecule has 1 atom stereocenters. The lowest BCUT2D eigenvalue weighted by molar-refractivity contribution is 0.311. The van der Waals surface area contributed by atoms with E-state index in [1.54, 1.807) is 0 Å². The van der Waals surface area contributed by atoms with Crippen molar-refractivity contribution in [3.05, 3.63) is 53.9 Å². The molecule has 0 N–H and O–H groups in total. The van der Waals surface area contributed by atoms with E-state index in [-0.39, 0.29) is 0 Å². The van der Waals surface area contributed by atoms with Crippen molar-refractivity contribution in [1.82, 2.24) is 29.8 Å². The first-order valence-corrected chi connectivity index (χ1v) is 11.8. The van der Waals surface area contributed by atoms with Gasteiger partial charge in [-0.15, -0.1) is 0 Å². The van der Waals surface area contributed by atoms with Crippen LogP contribution >= 0.6 is 0 Å². The van der Waals surface area contributed by atoms with E-state index in [0.717, 1.165) is 92.2 Å². The summed E-state index contributed by atoms with van der Waals surface area (Å²) in [4.78, 5) is 30.6. The van der Waals surface area contributed by atoms with Gasteiger partial charge in [-0.3, -0.25) is 4.98 Å². The van der Waals surface area contributed by atoms with Gasteiger partial charge < -0.3 is 14.7 Å². The largest absolute Gasteiger partial charge is 0.340 e. The maximum absolute atomic E-state index is 5.19. The molecule has 172 valence electrons. The lowest BCUT2D eigenvalue weighted by atomic mass is 9.90. The van der Waals surface area contributed by atoms with E-state index in [4.69, 9.17) is 19.9 Å². The first-order valence-electron chi connectivity index (χ1n) is 11.8. The molecule has 0 spiro atoms. The molecule has 0 saturated carbocycles. The predicted octanol–water partition coefficient (Wildman–Crippen LogP) is 3.08. The van der Waals surface area contributed by atoms with E-state index < -0.39 is 0 Å². The fourth-order valence-corrected chi connectivity index (χ4v) is 4.84. The molecule has 5 rings (SSSR count). The molecule has 0 aliphatic carbocycles. The van der Waals surface area contributed by atoms with Gasteiger partial charge in [-0.2, -0.15) is 0 Å². The van der Waals surface area contributed by atoms with Crippen LogP contribution in [0.1, 0.15) is 35.8 Å². The zero-order valence-electron chi connectivity index (χ0n) is 19.8. The van der Waals surface area contributed by atoms with Gasteiger partial charge in [0.25, 0.3) is 0 Å². The van der Waals surface area contributed by atoms with E-state index in [2.05, 4.69) is 26.7 Å². The number of pyridine rings is 1. The van der Waals surface area contributed by atoms with Crippen molar-refractivity contribution in [2.24, 2.45) is 0 Å². The number of hydrogen-bond acceptors (Lipinski definition) is 8. The van der Waals surface area contributed by atoms with Gasteiger partial charge in [0.05, 0.1) is 5.69 Å². The monoisotopic (exact) mass is 444 g/mol. The first-order chi connectivity index (χ1) is 16.1. The van der Waals surface area contributed by atoms with Gasteiger partial charge in [-0.05, 0) is 57.5 Å². The lowest BCUT2D eigenvalue weighted by Gasteiger charge is -2.35. The van der Waals surface area contributed by atoms with E-state index in [0.29, 0.717) is 5.92 Å². The van der Waals surface area contributed by atoms with E-state index >= 15 is 0 Å². The van der Waals surface area contributed by atoms with Crippen LogP contribution in [0, 0.1) is 13.8 Å². The number of piperidine rings is 1. The molecule has 2 saturated heterocycles. The fourth-order valence-electron chi connectivity index (χ4n) is 4.84. The number of likely N-dealkylation sites (N-methyl/N-ethyl adjacent to an activating group) is 1. The third-order valence-corrected chi connectivity index (χ3v) is 6.64. The predicted molar refractivity (Wildman–Crippen MR) is 131 cm³/mol. The topological polar surface area (TPSA) is 74.2 Å². The highest BCUT2D eigenvalue weighted by atomic mass is 15.3. The van der Waals surface area contributed by atoms with Crippen LogP contribution < -0.4 is 9.80 Å². The highest BCUT2D eigenvalue weighted by molar-refractivity contribution is 5.66. The number of rotatable bonds is 4. The maximum Gasteiger partial charge on any atom is 0.225 e. The molecule has 0 unspecified atom stereocenters. The average Bonchev–Trinajstić information content (AvgIpc) is 2.84. The minimum Gasteiger partial charge on any atom is -0.340 e. The molecule has 33 heavy (non-hydrogen) atoms. The van der Waals surface area contributed by atoms with Crippen molar-refractivity contribution < 1.29 is 0 Å². The molecule has 0 radical (unpaired) electrons. The quantitative estimate of drug-likeness (QED) is 0.608. The Morgan fingerprint density at radius 1 is 0.848 bits per heavy atom. The van der Waals surface area contributed by atoms with E-state index in [9.17, 15) is 0 Å². The maximum atomic E-state index is 5.19. The van der Waals surface area contributed by atoms with Crippen LogP contribution in [0.3, 0.4) is 0 Å². The van der Waals surface area contributed by atoms with Gasteiger partial charge in [-0.1, -0.05) is 0 Å². The summed E-state index contributed by atoms with van der Waals surface area (Å²) in [5.74, 6) is 1.97. The summed E-state index contributed by atoms with van der Waals surface area (Å²) in [5.41, 5.74) is 5.36. The Labute approximate surface area is 195 Å². The molecule has 2 fully saturated rings. The summed E-state index contributed by atoms with van der Waals surface area (Å²) in [7, 11) is 2.17. The molecule has 8 heteroatoms. The summed E-state index contributed by atoms with van der Waals surface area (Å²) < 4.78 is 0. The summed E-state index contributed by atoms with van der Waals surface area (Å²) >= 11 is 0. The molecule has 3 aromatic rings. The Kier molecular flexibility index (Phi) is 6.17. The van der Waals surface area contributed by atoms with Gasteiger partial charge >= 0.3 is 0 Å². The molecule has 3 aromatic heterocycles. The van der Waals surface area contributed by atoms with Crippen molar-refractivity contribution >= 4 is 11.9 Å². The third-order valence-electron chi connectivity index (χ3n) is 6.64. The Balaban J connectivity index is 1.49. The summed E-state index contributed by atoms with van der Waals surface area (Å²) in [5, 5.41) is 0. The molecule has 0 bridgehead atoms. The number of hydrogen-bond donors (Lipinski definition) is 0. The van der Waals surface area contributed by atoms with Gasteiger partial charge in [0.1, 0.15) is 0 Å². The zero-order chi connectivity index (χ0) is 22.8. The number of aromatic nitrogens is 5. The van der Waals surface area contributed by atoms with Gasteiger partial charge in [-0.25, -0.2) is 19.9 Å². The lowest BCUT2D eigenvalue weighted by Crippen LogP contribution is -2.45. The molecule has 5 heterocycles. The van der Waals surface area contributed by atoms with Crippen molar-refractivity contribution in [2.45, 2.75) is 32.6 Å². The second-order valence-electron chi connectivity index (χ2n) is 9.23. The summed E-state index contributed by atoms with van der Waals surface area (Å²) in [6.45, 7) is 9.88. The zero-order valence-corrected chi connectivity index (χ0v) is 19.8. The van der Waals surface area contributed by atoms with Crippen molar-refractivity contribution in [3.63, 3.8) is 0 Å². The van der Waals surface area contributed by atoms with Gasteiger partial charge in [0.2, 0.25) is 11.9 Å². The van der Waals surface area contributed by atoms with Gasteiger partial charge in [0, 0.05) is 80.7 Å². The smallest absolute Gasteiger partial charge is 0.225 e. The highest BCUT2D eigenvalue weighted by Crippen LogP contribution is 2.35. The molecule has 8 nitrogen and oxygen atoms in total. The Morgan fingerprint density at radius 2 is 1.58 bits per heavy atom. The molecule has 0 amide bonds. The van der Waals surface area contributed by atoms with Crippen molar-refractivity contribution in [2.75, 3.05) is 56.1 Å². The molecule has 2 aliphatic rings. The van der Waals surface area contributed by atoms with Crippen LogP contribution in [0.4, 0.5) is 11.9 Å². The number of anilines is 2. The van der Waals surface area contributed by atoms with Crippen molar-refractivity contribution in [1.29, 1.82) is 0 Å². The Bertz CT molecular complexity index is 1070. The van der Waals surface area contributed by atoms with Crippen LogP contribution in [0.15, 0.2) is 36.8 Å². The van der Waals surface area contributed by atoms with Gasteiger partial charge in [0.15, 0.2) is 0 Å². The van der Waals surface area contributed by atoms with Crippen molar-refractivity contribution in [3.8, 4) is 11.1 Å². The van der Waals surface area contributed by atoms with Crippen LogP contribution in [-0.4, -0.2) is 76.1 Å². The molecule has 2 aliphatic heterocycles. The fraction of sp³-hybridized carbons (Fsp3) is 0.480. The minimum absolute atomic E-state index is 0.292. The second-order valence-corrected chi connectivity index (χ2v) is 9.23. The van der Waals surface area contributed by atoms with Crippen LogP contribution in [-0.2, 0) is 0 Å². The summed E-state index contributed by atoms with van der Waals surface area (Å²) in [6, 6.07) is 6.12. The van der Waals surface area contributed by atoms with Crippen LogP contribution in [0.5, 0.6) is 0 Å². The van der Waals surface area contributed by atoms with E-state index in [1.165, 1.54) is 0 Å². The summed E-state index contributed by atoms with van der Waals surface area (Å²) in [6.07, 6.45) is 7.87. The first kappa shape index (κ1) is 21.7. The molecule has 0 aromatic carbocycles. The number of aryl methyl sites for hydroxylation is 2. The molecular formula is C25H32N8. The minimum atomic E-state index is 0.292. The highest BCUT2D eigenvalue weighted by Gasteiger charge is 2.28. The number of nitrogens with zero attached hydrogens (tertiary/aromatic N) is 8. The molecular weight excluding hydrogens is 412 g/mol. The van der Waals surface area contributed by atoms with E-state index in [1.807, 2.05) is 50.6 Å². The van der Waals surface area contributed by atoms with Crippen LogP contribution in [0.25, 0.3) is 11.1 Å². The SMILES string of the molecule is Cc1cc(C)nc(N2CCC[C@H](c3nc(N4CCN(C)CC4)ncc3-c3ccncc3)C2)n1. The number of piperazine rings is 1. The third kappa shape index (κ3) is 4.80. The normalized spacial score (nSPS) is 19.7. The average molecular weight is 445 g/mol. The Morgan fingerprint density at radius 3 is 2.30 bits per heavy atom.